The number of hydrogen-bond donors (Lipinski definition) is 0. The summed E-state index contributed by atoms with van der Waals surface area (Å²) in [5, 5.41) is 0. The monoisotopic (exact) mass is 413 g/mol. The van der Waals surface area contributed by atoms with Crippen molar-refractivity contribution in [2.24, 2.45) is 0 Å². The number of imidazole rings is 1. The van der Waals surface area contributed by atoms with Crippen LogP contribution in [0.4, 0.5) is 13.2 Å². The van der Waals surface area contributed by atoms with Gasteiger partial charge in [0.25, 0.3) is 5.91 Å². The Hall–Kier alpha value is -3.09. The molecule has 1 saturated carbocycles. The van der Waals surface area contributed by atoms with Crippen molar-refractivity contribution in [2.45, 2.75) is 45.1 Å². The van der Waals surface area contributed by atoms with Crippen molar-refractivity contribution in [3.63, 3.8) is 0 Å². The molecule has 1 heterocycles. The Morgan fingerprint density at radius 2 is 1.90 bits per heavy atom. The van der Waals surface area contributed by atoms with E-state index < -0.39 is 11.7 Å². The maximum atomic E-state index is 13.1. The molecule has 30 heavy (non-hydrogen) atoms. The van der Waals surface area contributed by atoms with Crippen molar-refractivity contribution >= 4 is 5.91 Å². The zero-order valence-electron chi connectivity index (χ0n) is 16.6. The Bertz CT molecular complexity index is 1040. The van der Waals surface area contributed by atoms with Gasteiger partial charge in [-0.05, 0) is 49.6 Å². The van der Waals surface area contributed by atoms with E-state index in [4.69, 9.17) is 0 Å². The van der Waals surface area contributed by atoms with E-state index in [2.05, 4.69) is 4.98 Å². The minimum Gasteiger partial charge on any atom is -0.329 e. The second-order valence-electron chi connectivity index (χ2n) is 7.70. The first-order chi connectivity index (χ1) is 14.3. The molecule has 2 aromatic carbocycles. The molecular weight excluding hydrogens is 391 g/mol. The third kappa shape index (κ3) is 4.56. The van der Waals surface area contributed by atoms with Crippen LogP contribution in [0.2, 0.25) is 0 Å². The summed E-state index contributed by atoms with van der Waals surface area (Å²) in [6.07, 6.45) is 0.871. The first kappa shape index (κ1) is 20.2. The van der Waals surface area contributed by atoms with Crippen LogP contribution in [-0.4, -0.2) is 26.4 Å². The molecule has 156 valence electrons. The maximum absolute atomic E-state index is 13.1. The predicted molar refractivity (Wildman–Crippen MR) is 107 cm³/mol. The zero-order valence-corrected chi connectivity index (χ0v) is 16.6. The third-order valence-electron chi connectivity index (χ3n) is 5.27. The number of halogens is 3. The van der Waals surface area contributed by atoms with Gasteiger partial charge in [0.15, 0.2) is 0 Å². The van der Waals surface area contributed by atoms with Crippen LogP contribution in [0.3, 0.4) is 0 Å². The highest BCUT2D eigenvalue weighted by atomic mass is 19.4. The van der Waals surface area contributed by atoms with Crippen LogP contribution >= 0.6 is 0 Å². The Morgan fingerprint density at radius 3 is 2.57 bits per heavy atom. The Kier molecular flexibility index (Phi) is 5.37. The lowest BCUT2D eigenvalue weighted by molar-refractivity contribution is -0.137. The van der Waals surface area contributed by atoms with E-state index in [1.165, 1.54) is 6.07 Å². The van der Waals surface area contributed by atoms with Crippen LogP contribution in [0, 0.1) is 6.92 Å². The van der Waals surface area contributed by atoms with E-state index >= 15 is 0 Å². The molecule has 0 unspecified atom stereocenters. The summed E-state index contributed by atoms with van der Waals surface area (Å²) in [5.74, 6) is 0.603. The molecule has 3 aromatic rings. The highest BCUT2D eigenvalue weighted by Gasteiger charge is 2.34. The molecule has 1 fully saturated rings. The van der Waals surface area contributed by atoms with Crippen LogP contribution in [0.5, 0.6) is 0 Å². The number of aryl methyl sites for hydroxylation is 1. The lowest BCUT2D eigenvalue weighted by atomic mass is 10.1. The van der Waals surface area contributed by atoms with Crippen LogP contribution in [0.1, 0.15) is 45.7 Å². The van der Waals surface area contributed by atoms with Crippen LogP contribution in [0.15, 0.2) is 60.9 Å². The summed E-state index contributed by atoms with van der Waals surface area (Å²) in [6, 6.07) is 12.9. The molecule has 0 bridgehead atoms. The van der Waals surface area contributed by atoms with Crippen LogP contribution in [-0.2, 0) is 19.3 Å². The Balaban J connectivity index is 1.53. The first-order valence-electron chi connectivity index (χ1n) is 9.85. The highest BCUT2D eigenvalue weighted by Crippen LogP contribution is 2.31. The fourth-order valence-corrected chi connectivity index (χ4v) is 3.45. The number of carbonyl (C=O) groups is 1. The maximum Gasteiger partial charge on any atom is 0.416 e. The molecule has 7 heteroatoms. The molecule has 1 aliphatic rings. The fraction of sp³-hybridized carbons (Fsp3) is 0.304. The van der Waals surface area contributed by atoms with Gasteiger partial charge in [0, 0.05) is 30.5 Å². The second kappa shape index (κ2) is 7.97. The number of nitrogens with zero attached hydrogens (tertiary/aromatic N) is 3. The van der Waals surface area contributed by atoms with Crippen molar-refractivity contribution < 1.29 is 18.0 Å². The van der Waals surface area contributed by atoms with E-state index in [9.17, 15) is 18.0 Å². The number of carbonyl (C=O) groups excluding carboxylic acids is 1. The van der Waals surface area contributed by atoms with Gasteiger partial charge in [-0.1, -0.05) is 29.8 Å². The minimum absolute atomic E-state index is 0.0499. The molecule has 1 amide bonds. The van der Waals surface area contributed by atoms with E-state index in [0.29, 0.717) is 23.5 Å². The molecule has 1 aliphatic carbocycles. The van der Waals surface area contributed by atoms with Crippen LogP contribution < -0.4 is 0 Å². The summed E-state index contributed by atoms with van der Waals surface area (Å²) >= 11 is 0. The van der Waals surface area contributed by atoms with Gasteiger partial charge in [0.1, 0.15) is 5.82 Å². The molecule has 0 atom stereocenters. The van der Waals surface area contributed by atoms with Crippen molar-refractivity contribution in [3.05, 3.63) is 89.0 Å². The summed E-state index contributed by atoms with van der Waals surface area (Å²) in [7, 11) is 0. The molecule has 0 radical (unpaired) electrons. The van der Waals surface area contributed by atoms with Gasteiger partial charge in [-0.2, -0.15) is 13.2 Å². The largest absolute Gasteiger partial charge is 0.416 e. The number of aromatic nitrogens is 2. The normalized spacial score (nSPS) is 14.0. The Morgan fingerprint density at radius 1 is 1.17 bits per heavy atom. The zero-order chi connectivity index (χ0) is 21.3. The lowest BCUT2D eigenvalue weighted by Gasteiger charge is -2.23. The molecule has 0 N–H and O–H groups in total. The second-order valence-corrected chi connectivity index (χ2v) is 7.70. The van der Waals surface area contributed by atoms with E-state index in [-0.39, 0.29) is 18.5 Å². The predicted octanol–water partition coefficient (Wildman–Crippen LogP) is 5.06. The SMILES string of the molecule is Cc1ccc(C(=O)N(Cc2nccn2Cc2cccc(C(F)(F)F)c2)C2CC2)cc1. The summed E-state index contributed by atoms with van der Waals surface area (Å²) in [6.45, 7) is 2.55. The van der Waals surface area contributed by atoms with E-state index in [0.717, 1.165) is 30.5 Å². The topological polar surface area (TPSA) is 38.1 Å². The van der Waals surface area contributed by atoms with Crippen molar-refractivity contribution in [1.82, 2.24) is 14.5 Å². The van der Waals surface area contributed by atoms with E-state index in [1.54, 1.807) is 23.0 Å². The highest BCUT2D eigenvalue weighted by molar-refractivity contribution is 5.94. The molecular formula is C23H22F3N3O. The number of hydrogen-bond acceptors (Lipinski definition) is 2. The number of alkyl halides is 3. The third-order valence-corrected chi connectivity index (χ3v) is 5.27. The summed E-state index contributed by atoms with van der Waals surface area (Å²) < 4.78 is 40.8. The van der Waals surface area contributed by atoms with Gasteiger partial charge in [0.05, 0.1) is 12.1 Å². The van der Waals surface area contributed by atoms with Crippen molar-refractivity contribution in [3.8, 4) is 0 Å². The van der Waals surface area contributed by atoms with Gasteiger partial charge < -0.3 is 9.47 Å². The number of rotatable bonds is 6. The van der Waals surface area contributed by atoms with E-state index in [1.807, 2.05) is 36.1 Å². The molecule has 4 nitrogen and oxygen atoms in total. The fourth-order valence-electron chi connectivity index (χ4n) is 3.45. The van der Waals surface area contributed by atoms with Gasteiger partial charge in [0.2, 0.25) is 0 Å². The Labute approximate surface area is 173 Å². The quantitative estimate of drug-likeness (QED) is 0.566. The number of benzene rings is 2. The van der Waals surface area contributed by atoms with Gasteiger partial charge >= 0.3 is 6.18 Å². The average Bonchev–Trinajstić information content (AvgIpc) is 3.46. The summed E-state index contributed by atoms with van der Waals surface area (Å²) in [5.41, 5.74) is 1.58. The standard InChI is InChI=1S/C23H22F3N3O/c1-16-5-7-18(8-6-16)22(30)29(20-9-10-20)15-21-27-11-12-28(21)14-17-3-2-4-19(13-17)23(24,25)26/h2-8,11-13,20H,9-10,14-15H2,1H3. The molecule has 1 aromatic heterocycles. The van der Waals surface area contributed by atoms with Gasteiger partial charge in [-0.25, -0.2) is 4.98 Å². The van der Waals surface area contributed by atoms with Crippen LogP contribution in [0.25, 0.3) is 0 Å². The van der Waals surface area contributed by atoms with Gasteiger partial charge in [-0.15, -0.1) is 0 Å². The molecule has 0 saturated heterocycles. The molecule has 0 aliphatic heterocycles. The van der Waals surface area contributed by atoms with Crippen molar-refractivity contribution in [2.75, 3.05) is 0 Å². The molecule has 4 rings (SSSR count). The van der Waals surface area contributed by atoms with Gasteiger partial charge in [-0.3, -0.25) is 4.79 Å². The summed E-state index contributed by atoms with van der Waals surface area (Å²) in [4.78, 5) is 19.2. The number of amides is 1. The first-order valence-corrected chi connectivity index (χ1v) is 9.85. The average molecular weight is 413 g/mol. The van der Waals surface area contributed by atoms with Crippen molar-refractivity contribution in [1.29, 1.82) is 0 Å². The minimum atomic E-state index is -4.38. The lowest BCUT2D eigenvalue weighted by Crippen LogP contribution is -2.33. The molecule has 0 spiro atoms. The smallest absolute Gasteiger partial charge is 0.329 e.